The van der Waals surface area contributed by atoms with Gasteiger partial charge in [-0.1, -0.05) is 13.8 Å². The van der Waals surface area contributed by atoms with Gasteiger partial charge in [0.1, 0.15) is 0 Å². The third-order valence-corrected chi connectivity index (χ3v) is 3.25. The predicted molar refractivity (Wildman–Crippen MR) is 64.4 cm³/mol. The Hall–Kier alpha value is -0.610. The molecule has 2 N–H and O–H groups in total. The first kappa shape index (κ1) is 13.5. The van der Waals surface area contributed by atoms with Gasteiger partial charge in [0.2, 0.25) is 5.91 Å². The van der Waals surface area contributed by atoms with Crippen molar-refractivity contribution in [1.29, 1.82) is 0 Å². The van der Waals surface area contributed by atoms with Gasteiger partial charge < -0.3 is 15.4 Å². The van der Waals surface area contributed by atoms with Crippen molar-refractivity contribution in [3.05, 3.63) is 0 Å². The molecule has 0 radical (unpaired) electrons. The Kier molecular flexibility index (Phi) is 5.22. The van der Waals surface area contributed by atoms with Crippen molar-refractivity contribution in [1.82, 2.24) is 10.6 Å². The number of hydrogen-bond acceptors (Lipinski definition) is 3. The molecule has 1 aliphatic heterocycles. The van der Waals surface area contributed by atoms with Crippen LogP contribution in [0.2, 0.25) is 0 Å². The third-order valence-electron chi connectivity index (χ3n) is 3.25. The van der Waals surface area contributed by atoms with Gasteiger partial charge in [0.15, 0.2) is 0 Å². The number of ether oxygens (including phenoxy) is 1. The van der Waals surface area contributed by atoms with Crippen LogP contribution in [0.15, 0.2) is 0 Å². The molecule has 0 saturated carbocycles. The standard InChI is InChI=1S/C12H24N2O2/c1-4-10(5-2)14-11(15)8-13-12(3)6-7-16-9-12/h10,13H,4-9H2,1-3H3,(H,14,15). The van der Waals surface area contributed by atoms with E-state index >= 15 is 0 Å². The number of amides is 1. The van der Waals surface area contributed by atoms with Crippen LogP contribution in [0.4, 0.5) is 0 Å². The van der Waals surface area contributed by atoms with Crippen LogP contribution in [0, 0.1) is 0 Å². The second-order valence-corrected chi connectivity index (χ2v) is 4.80. The van der Waals surface area contributed by atoms with Crippen LogP contribution in [-0.2, 0) is 9.53 Å². The Bertz CT molecular complexity index is 221. The summed E-state index contributed by atoms with van der Waals surface area (Å²) in [4.78, 5) is 11.7. The van der Waals surface area contributed by atoms with Gasteiger partial charge in [0, 0.05) is 18.2 Å². The number of rotatable bonds is 6. The summed E-state index contributed by atoms with van der Waals surface area (Å²) in [6.07, 6.45) is 2.95. The van der Waals surface area contributed by atoms with Crippen LogP contribution in [0.3, 0.4) is 0 Å². The highest BCUT2D eigenvalue weighted by molar-refractivity contribution is 5.78. The third kappa shape index (κ3) is 4.10. The zero-order valence-electron chi connectivity index (χ0n) is 10.6. The summed E-state index contributed by atoms with van der Waals surface area (Å²) in [6.45, 7) is 8.16. The molecule has 1 atom stereocenters. The normalized spacial score (nSPS) is 25.0. The van der Waals surface area contributed by atoms with E-state index in [1.54, 1.807) is 0 Å². The minimum absolute atomic E-state index is 0.0226. The Balaban J connectivity index is 2.24. The van der Waals surface area contributed by atoms with E-state index in [9.17, 15) is 4.79 Å². The van der Waals surface area contributed by atoms with Gasteiger partial charge in [-0.3, -0.25) is 4.79 Å². The maximum atomic E-state index is 11.7. The molecule has 1 aliphatic rings. The fourth-order valence-electron chi connectivity index (χ4n) is 1.87. The average molecular weight is 228 g/mol. The van der Waals surface area contributed by atoms with E-state index in [1.807, 2.05) is 0 Å². The number of carbonyl (C=O) groups is 1. The van der Waals surface area contributed by atoms with Crippen molar-refractivity contribution < 1.29 is 9.53 Å². The summed E-state index contributed by atoms with van der Waals surface area (Å²) in [5.74, 6) is 0.0850. The Morgan fingerprint density at radius 1 is 1.44 bits per heavy atom. The molecule has 16 heavy (non-hydrogen) atoms. The molecule has 1 rings (SSSR count). The lowest BCUT2D eigenvalue weighted by Crippen LogP contribution is -2.49. The van der Waals surface area contributed by atoms with E-state index in [2.05, 4.69) is 31.4 Å². The topological polar surface area (TPSA) is 50.4 Å². The molecule has 1 saturated heterocycles. The fourth-order valence-corrected chi connectivity index (χ4v) is 1.87. The monoisotopic (exact) mass is 228 g/mol. The van der Waals surface area contributed by atoms with Crippen LogP contribution in [0.1, 0.15) is 40.0 Å². The Labute approximate surface area is 98.1 Å². The minimum atomic E-state index is -0.0226. The molecule has 0 bridgehead atoms. The highest BCUT2D eigenvalue weighted by atomic mass is 16.5. The van der Waals surface area contributed by atoms with Crippen LogP contribution < -0.4 is 10.6 Å². The molecule has 1 fully saturated rings. The fraction of sp³-hybridized carbons (Fsp3) is 0.917. The molecule has 1 unspecified atom stereocenters. The SMILES string of the molecule is CCC(CC)NC(=O)CNC1(C)CCOC1. The Morgan fingerprint density at radius 3 is 2.62 bits per heavy atom. The molecule has 0 aromatic heterocycles. The first-order valence-electron chi connectivity index (χ1n) is 6.22. The zero-order valence-corrected chi connectivity index (χ0v) is 10.6. The summed E-state index contributed by atoms with van der Waals surface area (Å²) in [5.41, 5.74) is -0.0226. The molecule has 0 aliphatic carbocycles. The van der Waals surface area contributed by atoms with Gasteiger partial charge in [-0.15, -0.1) is 0 Å². The smallest absolute Gasteiger partial charge is 0.234 e. The van der Waals surface area contributed by atoms with Crippen LogP contribution in [-0.4, -0.2) is 37.2 Å². The van der Waals surface area contributed by atoms with Gasteiger partial charge in [0.05, 0.1) is 13.2 Å². The summed E-state index contributed by atoms with van der Waals surface area (Å²) >= 11 is 0. The second kappa shape index (κ2) is 6.21. The molecule has 0 aromatic carbocycles. The summed E-state index contributed by atoms with van der Waals surface area (Å²) in [7, 11) is 0. The average Bonchev–Trinajstić information content (AvgIpc) is 2.71. The second-order valence-electron chi connectivity index (χ2n) is 4.80. The number of hydrogen-bond donors (Lipinski definition) is 2. The summed E-state index contributed by atoms with van der Waals surface area (Å²) in [6, 6.07) is 0.307. The van der Waals surface area contributed by atoms with Crippen molar-refractivity contribution in [2.75, 3.05) is 19.8 Å². The van der Waals surface area contributed by atoms with E-state index in [1.165, 1.54) is 0 Å². The van der Waals surface area contributed by atoms with Gasteiger partial charge in [-0.25, -0.2) is 0 Å². The first-order chi connectivity index (χ1) is 7.59. The van der Waals surface area contributed by atoms with Crippen molar-refractivity contribution in [2.45, 2.75) is 51.6 Å². The van der Waals surface area contributed by atoms with Crippen LogP contribution in [0.5, 0.6) is 0 Å². The molecular formula is C12H24N2O2. The molecule has 4 heteroatoms. The van der Waals surface area contributed by atoms with Crippen molar-refractivity contribution in [3.8, 4) is 0 Å². The van der Waals surface area contributed by atoms with Gasteiger partial charge >= 0.3 is 0 Å². The lowest BCUT2D eigenvalue weighted by Gasteiger charge is -2.24. The molecular weight excluding hydrogens is 204 g/mol. The molecule has 1 amide bonds. The van der Waals surface area contributed by atoms with Crippen LogP contribution >= 0.6 is 0 Å². The lowest BCUT2D eigenvalue weighted by molar-refractivity contribution is -0.121. The lowest BCUT2D eigenvalue weighted by atomic mass is 10.0. The highest BCUT2D eigenvalue weighted by Gasteiger charge is 2.29. The van der Waals surface area contributed by atoms with Gasteiger partial charge in [-0.2, -0.15) is 0 Å². The van der Waals surface area contributed by atoms with Gasteiger partial charge in [-0.05, 0) is 26.2 Å². The summed E-state index contributed by atoms with van der Waals surface area (Å²) in [5, 5.41) is 6.29. The number of carbonyl (C=O) groups excluding carboxylic acids is 1. The number of nitrogens with one attached hydrogen (secondary N) is 2. The first-order valence-corrected chi connectivity index (χ1v) is 6.22. The Morgan fingerprint density at radius 2 is 2.12 bits per heavy atom. The molecule has 0 spiro atoms. The van der Waals surface area contributed by atoms with Crippen molar-refractivity contribution in [2.24, 2.45) is 0 Å². The largest absolute Gasteiger partial charge is 0.379 e. The van der Waals surface area contributed by atoms with Gasteiger partial charge in [0.25, 0.3) is 0 Å². The van der Waals surface area contributed by atoms with Crippen molar-refractivity contribution >= 4 is 5.91 Å². The maximum absolute atomic E-state index is 11.7. The van der Waals surface area contributed by atoms with E-state index in [4.69, 9.17) is 4.74 Å². The van der Waals surface area contributed by atoms with Crippen LogP contribution in [0.25, 0.3) is 0 Å². The van der Waals surface area contributed by atoms with Crippen molar-refractivity contribution in [3.63, 3.8) is 0 Å². The van der Waals surface area contributed by atoms with E-state index in [0.717, 1.165) is 25.9 Å². The highest BCUT2D eigenvalue weighted by Crippen LogP contribution is 2.16. The summed E-state index contributed by atoms with van der Waals surface area (Å²) < 4.78 is 5.32. The molecule has 4 nitrogen and oxygen atoms in total. The minimum Gasteiger partial charge on any atom is -0.379 e. The van der Waals surface area contributed by atoms with E-state index in [0.29, 0.717) is 19.2 Å². The quantitative estimate of drug-likeness (QED) is 0.714. The maximum Gasteiger partial charge on any atom is 0.234 e. The molecule has 94 valence electrons. The zero-order chi connectivity index (χ0) is 12.0. The predicted octanol–water partition coefficient (Wildman–Crippen LogP) is 1.06. The molecule has 0 aromatic rings. The molecule has 1 heterocycles. The van der Waals surface area contributed by atoms with E-state index < -0.39 is 0 Å². The van der Waals surface area contributed by atoms with E-state index in [-0.39, 0.29) is 11.4 Å².